The molecular formula is C23H17ClF3N3O4S. The number of amides is 2. The summed E-state index contributed by atoms with van der Waals surface area (Å²) in [5.74, 6) is -4.90. The Kier molecular flexibility index (Phi) is 8.09. The standard InChI is InChI=1S/C23H17ClF3N3O4S/c1-34-22(33)19-18(12-5-3-2-4-6-12)14(10-28)21(30-20(19)32)35-11-17(31)29-16-9-13(23(25,26)27)7-8-15(16)24/h2-9,18-19H,11H2,1H3,(H,29,31)(H,30,32)/t18-,19+/m1/s1. The van der Waals surface area contributed by atoms with E-state index in [4.69, 9.17) is 16.3 Å². The third-order valence-electron chi connectivity index (χ3n) is 5.06. The number of carbonyl (C=O) groups is 3. The second-order valence-corrected chi connectivity index (χ2v) is 8.66. The minimum Gasteiger partial charge on any atom is -0.468 e. The predicted octanol–water partition coefficient (Wildman–Crippen LogP) is 4.47. The minimum absolute atomic E-state index is 0.0427. The van der Waals surface area contributed by atoms with Gasteiger partial charge in [-0.25, -0.2) is 0 Å². The molecule has 182 valence electrons. The van der Waals surface area contributed by atoms with E-state index in [9.17, 15) is 32.8 Å². The van der Waals surface area contributed by atoms with Crippen LogP contribution in [0.5, 0.6) is 0 Å². The van der Waals surface area contributed by atoms with Crippen LogP contribution in [0.25, 0.3) is 0 Å². The van der Waals surface area contributed by atoms with Crippen molar-refractivity contribution in [3.05, 3.63) is 75.3 Å². The van der Waals surface area contributed by atoms with Crippen molar-refractivity contribution in [2.75, 3.05) is 18.2 Å². The maximum absolute atomic E-state index is 13.0. The fraction of sp³-hybridized carbons (Fsp3) is 0.217. The summed E-state index contributed by atoms with van der Waals surface area (Å²) in [7, 11) is 1.13. The Morgan fingerprint density at radius 1 is 1.23 bits per heavy atom. The first kappa shape index (κ1) is 26.1. The number of methoxy groups -OCH3 is 1. The summed E-state index contributed by atoms with van der Waals surface area (Å²) in [5.41, 5.74) is -0.658. The lowest BCUT2D eigenvalue weighted by Crippen LogP contribution is -2.44. The molecular weight excluding hydrogens is 507 g/mol. The highest BCUT2D eigenvalue weighted by atomic mass is 35.5. The van der Waals surface area contributed by atoms with Crippen molar-refractivity contribution < 1.29 is 32.3 Å². The first-order valence-electron chi connectivity index (χ1n) is 9.94. The van der Waals surface area contributed by atoms with Gasteiger partial charge in [0.25, 0.3) is 0 Å². The van der Waals surface area contributed by atoms with Crippen LogP contribution in [0.2, 0.25) is 5.02 Å². The third kappa shape index (κ3) is 5.96. The Bertz CT molecular complexity index is 1230. The number of ether oxygens (including phenoxy) is 1. The molecule has 1 aliphatic rings. The number of nitrogens with zero attached hydrogens (tertiary/aromatic N) is 1. The number of alkyl halides is 3. The molecule has 1 aliphatic heterocycles. The number of hydrogen-bond donors (Lipinski definition) is 2. The van der Waals surface area contributed by atoms with Gasteiger partial charge in [0.1, 0.15) is 5.92 Å². The number of nitrogens with one attached hydrogen (secondary N) is 2. The van der Waals surface area contributed by atoms with Gasteiger partial charge < -0.3 is 15.4 Å². The van der Waals surface area contributed by atoms with Crippen molar-refractivity contribution in [1.82, 2.24) is 5.32 Å². The zero-order valence-electron chi connectivity index (χ0n) is 18.0. The third-order valence-corrected chi connectivity index (χ3v) is 6.40. The van der Waals surface area contributed by atoms with Crippen LogP contribution in [0.15, 0.2) is 59.1 Å². The van der Waals surface area contributed by atoms with E-state index in [1.165, 1.54) is 0 Å². The summed E-state index contributed by atoms with van der Waals surface area (Å²) in [6.07, 6.45) is -4.62. The van der Waals surface area contributed by atoms with Crippen LogP contribution in [0, 0.1) is 17.2 Å². The molecule has 0 saturated heterocycles. The van der Waals surface area contributed by atoms with Crippen molar-refractivity contribution in [2.45, 2.75) is 12.1 Å². The number of thioether (sulfide) groups is 1. The highest BCUT2D eigenvalue weighted by Gasteiger charge is 2.44. The Morgan fingerprint density at radius 2 is 1.91 bits per heavy atom. The van der Waals surface area contributed by atoms with E-state index in [0.717, 1.165) is 31.0 Å². The Morgan fingerprint density at radius 3 is 2.51 bits per heavy atom. The molecule has 3 rings (SSSR count). The van der Waals surface area contributed by atoms with E-state index in [0.29, 0.717) is 11.6 Å². The van der Waals surface area contributed by atoms with Crippen LogP contribution in [0.3, 0.4) is 0 Å². The number of esters is 1. The second-order valence-electron chi connectivity index (χ2n) is 7.26. The molecule has 2 N–H and O–H groups in total. The second kappa shape index (κ2) is 10.8. The van der Waals surface area contributed by atoms with Crippen molar-refractivity contribution >= 4 is 46.8 Å². The van der Waals surface area contributed by atoms with Crippen LogP contribution < -0.4 is 10.6 Å². The number of nitriles is 1. The lowest BCUT2D eigenvalue weighted by Gasteiger charge is -2.30. The highest BCUT2D eigenvalue weighted by Crippen LogP contribution is 2.40. The molecule has 0 spiro atoms. The Labute approximate surface area is 207 Å². The SMILES string of the molecule is COC(=O)[C@@H]1C(=O)NC(SCC(=O)Nc2cc(C(F)(F)F)ccc2Cl)=C(C#N)[C@H]1c1ccccc1. The molecule has 2 amide bonds. The summed E-state index contributed by atoms with van der Waals surface area (Å²) < 4.78 is 43.7. The maximum Gasteiger partial charge on any atom is 0.416 e. The first-order chi connectivity index (χ1) is 16.6. The molecule has 0 fully saturated rings. The molecule has 0 unspecified atom stereocenters. The molecule has 12 heteroatoms. The quantitative estimate of drug-likeness (QED) is 0.427. The van der Waals surface area contributed by atoms with E-state index in [2.05, 4.69) is 10.6 Å². The lowest BCUT2D eigenvalue weighted by atomic mass is 9.78. The summed E-state index contributed by atoms with van der Waals surface area (Å²) in [6.45, 7) is 0. The number of halogens is 4. The fourth-order valence-corrected chi connectivity index (χ4v) is 4.47. The highest BCUT2D eigenvalue weighted by molar-refractivity contribution is 8.03. The molecule has 7 nitrogen and oxygen atoms in total. The summed E-state index contributed by atoms with van der Waals surface area (Å²) in [6, 6.07) is 12.9. The molecule has 0 saturated carbocycles. The van der Waals surface area contributed by atoms with Gasteiger partial charge in [0.05, 0.1) is 45.8 Å². The van der Waals surface area contributed by atoms with Gasteiger partial charge in [0.15, 0.2) is 0 Å². The fourth-order valence-electron chi connectivity index (χ4n) is 3.46. The molecule has 2 aromatic carbocycles. The van der Waals surface area contributed by atoms with Gasteiger partial charge in [0.2, 0.25) is 11.8 Å². The number of hydrogen-bond acceptors (Lipinski definition) is 6. The number of allylic oxidation sites excluding steroid dienone is 1. The predicted molar refractivity (Wildman–Crippen MR) is 123 cm³/mol. The Balaban J connectivity index is 1.86. The van der Waals surface area contributed by atoms with Crippen LogP contribution in [-0.2, 0) is 25.3 Å². The molecule has 0 aliphatic carbocycles. The van der Waals surface area contributed by atoms with Crippen LogP contribution >= 0.6 is 23.4 Å². The van der Waals surface area contributed by atoms with E-state index in [-0.39, 0.29) is 27.1 Å². The van der Waals surface area contributed by atoms with E-state index >= 15 is 0 Å². The van der Waals surface area contributed by atoms with Crippen LogP contribution in [0.1, 0.15) is 17.0 Å². The van der Waals surface area contributed by atoms with Gasteiger partial charge in [-0.1, -0.05) is 53.7 Å². The van der Waals surface area contributed by atoms with E-state index in [1.54, 1.807) is 30.3 Å². The smallest absolute Gasteiger partial charge is 0.416 e. The van der Waals surface area contributed by atoms with Crippen molar-refractivity contribution in [3.8, 4) is 6.07 Å². The normalized spacial score (nSPS) is 17.9. The number of anilines is 1. The molecule has 35 heavy (non-hydrogen) atoms. The topological polar surface area (TPSA) is 108 Å². The van der Waals surface area contributed by atoms with E-state index < -0.39 is 41.4 Å². The van der Waals surface area contributed by atoms with Gasteiger partial charge >= 0.3 is 12.1 Å². The summed E-state index contributed by atoms with van der Waals surface area (Å²) in [4.78, 5) is 37.6. The summed E-state index contributed by atoms with van der Waals surface area (Å²) in [5, 5.41) is 14.6. The van der Waals surface area contributed by atoms with Gasteiger partial charge in [-0.05, 0) is 23.8 Å². The van der Waals surface area contributed by atoms with Crippen molar-refractivity contribution in [3.63, 3.8) is 0 Å². The van der Waals surface area contributed by atoms with Crippen molar-refractivity contribution in [2.24, 2.45) is 5.92 Å². The lowest BCUT2D eigenvalue weighted by molar-refractivity contribution is -0.150. The average molecular weight is 524 g/mol. The number of benzene rings is 2. The van der Waals surface area contributed by atoms with Crippen LogP contribution in [-0.4, -0.2) is 30.6 Å². The largest absolute Gasteiger partial charge is 0.468 e. The van der Waals surface area contributed by atoms with Gasteiger partial charge in [-0.15, -0.1) is 0 Å². The monoisotopic (exact) mass is 523 g/mol. The minimum atomic E-state index is -4.62. The summed E-state index contributed by atoms with van der Waals surface area (Å²) >= 11 is 6.70. The molecule has 0 aromatic heterocycles. The molecule has 1 heterocycles. The number of carbonyl (C=O) groups excluding carboxylic acids is 3. The van der Waals surface area contributed by atoms with Crippen LogP contribution in [0.4, 0.5) is 18.9 Å². The van der Waals surface area contributed by atoms with E-state index in [1.807, 2.05) is 6.07 Å². The maximum atomic E-state index is 13.0. The number of rotatable bonds is 6. The van der Waals surface area contributed by atoms with Crippen molar-refractivity contribution in [1.29, 1.82) is 5.26 Å². The molecule has 2 atom stereocenters. The first-order valence-corrected chi connectivity index (χ1v) is 11.3. The zero-order chi connectivity index (χ0) is 25.8. The Hall–Kier alpha value is -3.49. The van der Waals surface area contributed by atoms with Gasteiger partial charge in [-0.2, -0.15) is 18.4 Å². The van der Waals surface area contributed by atoms with Gasteiger partial charge in [0, 0.05) is 5.92 Å². The van der Waals surface area contributed by atoms with Gasteiger partial charge in [-0.3, -0.25) is 14.4 Å². The zero-order valence-corrected chi connectivity index (χ0v) is 19.6. The average Bonchev–Trinajstić information content (AvgIpc) is 2.83. The molecule has 2 aromatic rings. The molecule has 0 bridgehead atoms. The molecule has 0 radical (unpaired) electrons.